The third-order valence-electron chi connectivity index (χ3n) is 4.75. The summed E-state index contributed by atoms with van der Waals surface area (Å²) in [5.74, 6) is -1.29. The zero-order valence-electron chi connectivity index (χ0n) is 14.3. The highest BCUT2D eigenvalue weighted by molar-refractivity contribution is 6.05. The van der Waals surface area contributed by atoms with Crippen LogP contribution in [-0.4, -0.2) is 26.2 Å². The molecule has 25 heavy (non-hydrogen) atoms. The lowest BCUT2D eigenvalue weighted by atomic mass is 9.95. The summed E-state index contributed by atoms with van der Waals surface area (Å²) in [4.78, 5) is 24.5. The van der Waals surface area contributed by atoms with Crippen LogP contribution in [0.25, 0.3) is 0 Å². The summed E-state index contributed by atoms with van der Waals surface area (Å²) in [6, 6.07) is 17.7. The van der Waals surface area contributed by atoms with Crippen molar-refractivity contribution in [3.05, 3.63) is 65.7 Å². The van der Waals surface area contributed by atoms with Gasteiger partial charge in [0.2, 0.25) is 0 Å². The first-order chi connectivity index (χ1) is 12.1. The van der Waals surface area contributed by atoms with Crippen molar-refractivity contribution in [1.82, 2.24) is 0 Å². The molecule has 5 nitrogen and oxygen atoms in total. The zero-order chi connectivity index (χ0) is 17.9. The third-order valence-corrected chi connectivity index (χ3v) is 4.75. The van der Waals surface area contributed by atoms with Gasteiger partial charge in [0.25, 0.3) is 0 Å². The monoisotopic (exact) mass is 339 g/mol. The molecule has 2 aromatic rings. The third kappa shape index (κ3) is 3.09. The number of ether oxygens (including phenoxy) is 2. The van der Waals surface area contributed by atoms with E-state index in [2.05, 4.69) is 5.32 Å². The number of methoxy groups -OCH3 is 2. The highest BCUT2D eigenvalue weighted by Crippen LogP contribution is 2.61. The van der Waals surface area contributed by atoms with Crippen LogP contribution in [0, 0.1) is 5.41 Å². The molecule has 1 aliphatic carbocycles. The van der Waals surface area contributed by atoms with Crippen molar-refractivity contribution in [2.75, 3.05) is 19.5 Å². The van der Waals surface area contributed by atoms with Gasteiger partial charge in [-0.3, -0.25) is 9.59 Å². The minimum absolute atomic E-state index is 0.221. The summed E-state index contributed by atoms with van der Waals surface area (Å²) in [6.45, 7) is 0.606. The second-order valence-electron chi connectivity index (χ2n) is 6.13. The average Bonchev–Trinajstić information content (AvgIpc) is 3.43. The number of esters is 2. The van der Waals surface area contributed by atoms with Crippen molar-refractivity contribution in [3.63, 3.8) is 0 Å². The molecule has 1 saturated carbocycles. The van der Waals surface area contributed by atoms with E-state index in [0.717, 1.165) is 16.8 Å². The van der Waals surface area contributed by atoms with Crippen LogP contribution in [0.5, 0.6) is 0 Å². The molecular weight excluding hydrogens is 318 g/mol. The summed E-state index contributed by atoms with van der Waals surface area (Å²) >= 11 is 0. The van der Waals surface area contributed by atoms with Gasteiger partial charge >= 0.3 is 11.9 Å². The van der Waals surface area contributed by atoms with Gasteiger partial charge in [-0.1, -0.05) is 42.5 Å². The van der Waals surface area contributed by atoms with Crippen molar-refractivity contribution in [1.29, 1.82) is 0 Å². The Kier molecular flexibility index (Phi) is 4.74. The molecule has 0 heterocycles. The Morgan fingerprint density at radius 1 is 1.00 bits per heavy atom. The van der Waals surface area contributed by atoms with E-state index in [0.29, 0.717) is 13.0 Å². The fraction of sp³-hybridized carbons (Fsp3) is 0.300. The molecule has 1 unspecified atom stereocenters. The second-order valence-corrected chi connectivity index (χ2v) is 6.13. The van der Waals surface area contributed by atoms with E-state index < -0.39 is 17.4 Å². The molecule has 0 aliphatic heterocycles. The van der Waals surface area contributed by atoms with E-state index in [1.54, 1.807) is 0 Å². The number of para-hydroxylation sites is 1. The minimum atomic E-state index is -1.22. The highest BCUT2D eigenvalue weighted by Gasteiger charge is 2.68. The van der Waals surface area contributed by atoms with Crippen LogP contribution < -0.4 is 5.32 Å². The SMILES string of the molecule is COC(=O)C1(C(=O)OC)CC1c1ccccc1CNc1ccccc1. The molecule has 1 N–H and O–H groups in total. The van der Waals surface area contributed by atoms with Crippen LogP contribution in [0.4, 0.5) is 5.69 Å². The maximum Gasteiger partial charge on any atom is 0.323 e. The molecule has 130 valence electrons. The number of nitrogens with one attached hydrogen (secondary N) is 1. The van der Waals surface area contributed by atoms with E-state index in [4.69, 9.17) is 9.47 Å². The van der Waals surface area contributed by atoms with Crippen molar-refractivity contribution in [2.45, 2.75) is 18.9 Å². The molecule has 0 spiro atoms. The maximum absolute atomic E-state index is 12.2. The first-order valence-corrected chi connectivity index (χ1v) is 8.17. The van der Waals surface area contributed by atoms with E-state index >= 15 is 0 Å². The number of hydrogen-bond acceptors (Lipinski definition) is 5. The summed E-state index contributed by atoms with van der Waals surface area (Å²) in [5, 5.41) is 3.37. The standard InChI is InChI=1S/C20H21NO4/c1-24-18(22)20(19(23)25-2)12-17(20)16-11-7-6-8-14(16)13-21-15-9-4-3-5-10-15/h3-11,17,21H,12-13H2,1-2H3. The molecule has 0 saturated heterocycles. The summed E-state index contributed by atoms with van der Waals surface area (Å²) in [7, 11) is 2.59. The van der Waals surface area contributed by atoms with Gasteiger partial charge in [-0.25, -0.2) is 0 Å². The molecule has 5 heteroatoms. The lowest BCUT2D eigenvalue weighted by Crippen LogP contribution is -2.30. The van der Waals surface area contributed by atoms with Gasteiger partial charge < -0.3 is 14.8 Å². The molecular formula is C20H21NO4. The van der Waals surface area contributed by atoms with Gasteiger partial charge in [-0.15, -0.1) is 0 Å². The molecule has 0 bridgehead atoms. The number of rotatable bonds is 6. The van der Waals surface area contributed by atoms with Crippen LogP contribution in [-0.2, 0) is 25.6 Å². The Labute approximate surface area is 147 Å². The Hall–Kier alpha value is -2.82. The predicted molar refractivity (Wildman–Crippen MR) is 94.0 cm³/mol. The van der Waals surface area contributed by atoms with E-state index in [-0.39, 0.29) is 5.92 Å². The lowest BCUT2D eigenvalue weighted by Gasteiger charge is -2.15. The van der Waals surface area contributed by atoms with Crippen LogP contribution in [0.3, 0.4) is 0 Å². The summed E-state index contributed by atoms with van der Waals surface area (Å²) in [6.07, 6.45) is 0.411. The van der Waals surface area contributed by atoms with Crippen molar-refractivity contribution >= 4 is 17.6 Å². The van der Waals surface area contributed by atoms with Gasteiger partial charge in [0.05, 0.1) is 14.2 Å². The molecule has 0 amide bonds. The zero-order valence-corrected chi connectivity index (χ0v) is 14.3. The van der Waals surface area contributed by atoms with Crippen molar-refractivity contribution in [2.24, 2.45) is 5.41 Å². The number of carbonyl (C=O) groups excluding carboxylic acids is 2. The van der Waals surface area contributed by atoms with Crippen LogP contribution >= 0.6 is 0 Å². The Balaban J connectivity index is 1.84. The first kappa shape index (κ1) is 17.0. The Bertz CT molecular complexity index is 756. The average molecular weight is 339 g/mol. The van der Waals surface area contributed by atoms with Crippen LogP contribution in [0.2, 0.25) is 0 Å². The van der Waals surface area contributed by atoms with Crippen LogP contribution in [0.15, 0.2) is 54.6 Å². The molecule has 3 rings (SSSR count). The van der Waals surface area contributed by atoms with E-state index in [9.17, 15) is 9.59 Å². The minimum Gasteiger partial charge on any atom is -0.468 e. The first-order valence-electron chi connectivity index (χ1n) is 8.17. The number of benzene rings is 2. The second kappa shape index (κ2) is 6.97. The molecule has 1 aliphatic rings. The Morgan fingerprint density at radius 3 is 2.24 bits per heavy atom. The quantitative estimate of drug-likeness (QED) is 0.647. The fourth-order valence-electron chi connectivity index (χ4n) is 3.33. The summed E-state index contributed by atoms with van der Waals surface area (Å²) in [5.41, 5.74) is 1.82. The smallest absolute Gasteiger partial charge is 0.323 e. The topological polar surface area (TPSA) is 64.6 Å². The van der Waals surface area contributed by atoms with Gasteiger partial charge in [0, 0.05) is 18.2 Å². The predicted octanol–water partition coefficient (Wildman–Crippen LogP) is 3.12. The van der Waals surface area contributed by atoms with Gasteiger partial charge in [0.15, 0.2) is 5.41 Å². The van der Waals surface area contributed by atoms with E-state index in [1.807, 2.05) is 54.6 Å². The largest absolute Gasteiger partial charge is 0.468 e. The maximum atomic E-state index is 12.2. The number of anilines is 1. The van der Waals surface area contributed by atoms with Gasteiger partial charge in [-0.05, 0) is 29.7 Å². The van der Waals surface area contributed by atoms with Crippen LogP contribution in [0.1, 0.15) is 23.5 Å². The molecule has 0 radical (unpaired) electrons. The molecule has 0 aromatic heterocycles. The van der Waals surface area contributed by atoms with Gasteiger partial charge in [-0.2, -0.15) is 0 Å². The number of carbonyl (C=O) groups is 2. The number of hydrogen-bond donors (Lipinski definition) is 1. The molecule has 1 atom stereocenters. The fourth-order valence-corrected chi connectivity index (χ4v) is 3.33. The molecule has 1 fully saturated rings. The van der Waals surface area contributed by atoms with Crippen molar-refractivity contribution in [3.8, 4) is 0 Å². The molecule has 2 aromatic carbocycles. The van der Waals surface area contributed by atoms with Crippen molar-refractivity contribution < 1.29 is 19.1 Å². The normalized spacial score (nSPS) is 17.4. The lowest BCUT2D eigenvalue weighted by molar-refractivity contribution is -0.161. The Morgan fingerprint density at radius 2 is 1.60 bits per heavy atom. The highest BCUT2D eigenvalue weighted by atomic mass is 16.5. The van der Waals surface area contributed by atoms with E-state index in [1.165, 1.54) is 14.2 Å². The van der Waals surface area contributed by atoms with Gasteiger partial charge in [0.1, 0.15) is 0 Å². The summed E-state index contributed by atoms with van der Waals surface area (Å²) < 4.78 is 9.73.